The summed E-state index contributed by atoms with van der Waals surface area (Å²) in [4.78, 5) is 22.2. The number of aromatic nitrogens is 2. The van der Waals surface area contributed by atoms with E-state index in [0.29, 0.717) is 0 Å². The first kappa shape index (κ1) is 14.4. The molecule has 2 aromatic rings. The number of pyridine rings is 2. The van der Waals surface area contributed by atoms with Crippen LogP contribution in [0.25, 0.3) is 0 Å². The highest BCUT2D eigenvalue weighted by molar-refractivity contribution is 5.94. The third kappa shape index (κ3) is 3.21. The summed E-state index contributed by atoms with van der Waals surface area (Å²) in [7, 11) is 0. The number of nitrogens with zero attached hydrogens (tertiary/aromatic N) is 3. The van der Waals surface area contributed by atoms with Gasteiger partial charge in [-0.3, -0.25) is 9.78 Å². The predicted molar refractivity (Wildman–Crippen MR) is 81.1 cm³/mol. The minimum Gasteiger partial charge on any atom is -0.356 e. The average molecular weight is 300 g/mol. The van der Waals surface area contributed by atoms with Crippen molar-refractivity contribution in [3.8, 4) is 0 Å². The van der Waals surface area contributed by atoms with Crippen molar-refractivity contribution in [1.82, 2.24) is 15.3 Å². The Morgan fingerprint density at radius 1 is 1.23 bits per heavy atom. The number of hydrogen-bond donors (Lipinski definition) is 1. The molecule has 0 radical (unpaired) electrons. The molecule has 22 heavy (non-hydrogen) atoms. The molecule has 0 unspecified atom stereocenters. The Bertz CT molecular complexity index is 642. The number of hydrogen-bond acceptors (Lipinski definition) is 4. The summed E-state index contributed by atoms with van der Waals surface area (Å²) in [5.41, 5.74) is 0.0437. The second kappa shape index (κ2) is 6.51. The van der Waals surface area contributed by atoms with Crippen LogP contribution in [0.1, 0.15) is 23.2 Å². The zero-order valence-corrected chi connectivity index (χ0v) is 12.1. The minimum absolute atomic E-state index is 0.0437. The Kier molecular flexibility index (Phi) is 4.27. The Hall–Kier alpha value is -2.50. The first-order chi connectivity index (χ1) is 10.7. The maximum atomic E-state index is 13.5. The molecule has 5 nitrogen and oxygen atoms in total. The van der Waals surface area contributed by atoms with E-state index in [-0.39, 0.29) is 17.5 Å². The Morgan fingerprint density at radius 2 is 2.05 bits per heavy atom. The lowest BCUT2D eigenvalue weighted by Crippen LogP contribution is -2.45. The highest BCUT2D eigenvalue weighted by atomic mass is 19.1. The van der Waals surface area contributed by atoms with Gasteiger partial charge in [-0.1, -0.05) is 6.07 Å². The van der Waals surface area contributed by atoms with Gasteiger partial charge in [-0.15, -0.1) is 0 Å². The van der Waals surface area contributed by atoms with Crippen LogP contribution in [-0.2, 0) is 0 Å². The Balaban J connectivity index is 1.56. The van der Waals surface area contributed by atoms with Gasteiger partial charge in [0.2, 0.25) is 0 Å². The average Bonchev–Trinajstić information content (AvgIpc) is 2.57. The number of carbonyl (C=O) groups is 1. The molecule has 0 bridgehead atoms. The number of rotatable bonds is 3. The van der Waals surface area contributed by atoms with Crippen LogP contribution >= 0.6 is 0 Å². The molecule has 114 valence electrons. The zero-order valence-electron chi connectivity index (χ0n) is 12.1. The highest BCUT2D eigenvalue weighted by Crippen LogP contribution is 2.17. The SMILES string of the molecule is O=C(NC1CCN(c2ccccn2)CC1)c1ccncc1F. The van der Waals surface area contributed by atoms with Crippen molar-refractivity contribution in [3.05, 3.63) is 54.2 Å². The van der Waals surface area contributed by atoms with Crippen molar-refractivity contribution in [2.45, 2.75) is 18.9 Å². The number of anilines is 1. The predicted octanol–water partition coefficient (Wildman–Crippen LogP) is 2.01. The maximum Gasteiger partial charge on any atom is 0.254 e. The fraction of sp³-hybridized carbons (Fsp3) is 0.312. The summed E-state index contributed by atoms with van der Waals surface area (Å²) in [5, 5.41) is 2.89. The van der Waals surface area contributed by atoms with E-state index in [2.05, 4.69) is 20.2 Å². The van der Waals surface area contributed by atoms with Gasteiger partial charge in [0.05, 0.1) is 11.8 Å². The van der Waals surface area contributed by atoms with Crippen LogP contribution in [0, 0.1) is 5.82 Å². The van der Waals surface area contributed by atoms with Crippen molar-refractivity contribution in [1.29, 1.82) is 0 Å². The molecular formula is C16H17FN4O. The van der Waals surface area contributed by atoms with E-state index in [1.807, 2.05) is 18.2 Å². The Morgan fingerprint density at radius 3 is 2.73 bits per heavy atom. The van der Waals surface area contributed by atoms with E-state index < -0.39 is 5.82 Å². The molecule has 1 amide bonds. The first-order valence-electron chi connectivity index (χ1n) is 7.30. The van der Waals surface area contributed by atoms with E-state index in [0.717, 1.165) is 37.9 Å². The zero-order chi connectivity index (χ0) is 15.4. The Labute approximate surface area is 128 Å². The van der Waals surface area contributed by atoms with E-state index in [4.69, 9.17) is 0 Å². The third-order valence-corrected chi connectivity index (χ3v) is 3.82. The van der Waals surface area contributed by atoms with Gasteiger partial charge >= 0.3 is 0 Å². The number of carbonyl (C=O) groups excluding carboxylic acids is 1. The van der Waals surface area contributed by atoms with Crippen LogP contribution < -0.4 is 10.2 Å². The van der Waals surface area contributed by atoms with Gasteiger partial charge in [0, 0.05) is 31.5 Å². The molecular weight excluding hydrogens is 283 g/mol. The molecule has 1 saturated heterocycles. The first-order valence-corrected chi connectivity index (χ1v) is 7.30. The second-order valence-corrected chi connectivity index (χ2v) is 5.28. The molecule has 2 aromatic heterocycles. The molecule has 1 aliphatic heterocycles. The summed E-state index contributed by atoms with van der Waals surface area (Å²) in [6.45, 7) is 1.64. The summed E-state index contributed by atoms with van der Waals surface area (Å²) in [5.74, 6) is -0.0189. The molecule has 1 fully saturated rings. The van der Waals surface area contributed by atoms with Gasteiger partial charge in [0.1, 0.15) is 5.82 Å². The van der Waals surface area contributed by atoms with E-state index >= 15 is 0 Å². The summed E-state index contributed by atoms with van der Waals surface area (Å²) in [6.07, 6.45) is 5.87. The molecule has 0 saturated carbocycles. The number of amides is 1. The molecule has 3 heterocycles. The number of halogens is 1. The summed E-state index contributed by atoms with van der Waals surface area (Å²) >= 11 is 0. The quantitative estimate of drug-likeness (QED) is 0.942. The van der Waals surface area contributed by atoms with Gasteiger partial charge in [-0.2, -0.15) is 0 Å². The monoisotopic (exact) mass is 300 g/mol. The van der Waals surface area contributed by atoms with Crippen molar-refractivity contribution < 1.29 is 9.18 Å². The van der Waals surface area contributed by atoms with E-state index in [1.54, 1.807) is 6.20 Å². The van der Waals surface area contributed by atoms with Gasteiger partial charge in [-0.25, -0.2) is 9.37 Å². The number of nitrogens with one attached hydrogen (secondary N) is 1. The van der Waals surface area contributed by atoms with Crippen LogP contribution in [0.4, 0.5) is 10.2 Å². The minimum atomic E-state index is -0.592. The van der Waals surface area contributed by atoms with Crippen molar-refractivity contribution in [2.75, 3.05) is 18.0 Å². The maximum absolute atomic E-state index is 13.5. The highest BCUT2D eigenvalue weighted by Gasteiger charge is 2.22. The van der Waals surface area contributed by atoms with Crippen molar-refractivity contribution in [2.24, 2.45) is 0 Å². The lowest BCUT2D eigenvalue weighted by molar-refractivity contribution is 0.0927. The lowest BCUT2D eigenvalue weighted by atomic mass is 10.0. The molecule has 0 aliphatic carbocycles. The number of piperidine rings is 1. The van der Waals surface area contributed by atoms with Gasteiger partial charge < -0.3 is 10.2 Å². The van der Waals surface area contributed by atoms with Crippen LogP contribution in [-0.4, -0.2) is 35.0 Å². The summed E-state index contributed by atoms with van der Waals surface area (Å²) in [6, 6.07) is 7.28. The van der Waals surface area contributed by atoms with Crippen LogP contribution in [0.3, 0.4) is 0 Å². The smallest absolute Gasteiger partial charge is 0.254 e. The van der Waals surface area contributed by atoms with Crippen LogP contribution in [0.2, 0.25) is 0 Å². The van der Waals surface area contributed by atoms with Crippen LogP contribution in [0.15, 0.2) is 42.9 Å². The second-order valence-electron chi connectivity index (χ2n) is 5.28. The molecule has 1 aliphatic rings. The standard InChI is InChI=1S/C16H17FN4O/c17-14-11-18-8-4-13(14)16(22)20-12-5-9-21(10-6-12)15-3-1-2-7-19-15/h1-4,7-8,11-12H,5-6,9-10H2,(H,20,22). The fourth-order valence-electron chi connectivity index (χ4n) is 2.62. The third-order valence-electron chi connectivity index (χ3n) is 3.82. The van der Waals surface area contributed by atoms with Gasteiger partial charge in [-0.05, 0) is 31.0 Å². The summed E-state index contributed by atoms with van der Waals surface area (Å²) < 4.78 is 13.5. The van der Waals surface area contributed by atoms with Gasteiger partial charge in [0.25, 0.3) is 5.91 Å². The molecule has 0 aromatic carbocycles. The molecule has 1 N–H and O–H groups in total. The van der Waals surface area contributed by atoms with Crippen molar-refractivity contribution in [3.63, 3.8) is 0 Å². The van der Waals surface area contributed by atoms with E-state index in [9.17, 15) is 9.18 Å². The van der Waals surface area contributed by atoms with Crippen molar-refractivity contribution >= 4 is 11.7 Å². The topological polar surface area (TPSA) is 58.1 Å². The lowest BCUT2D eigenvalue weighted by Gasteiger charge is -2.33. The largest absolute Gasteiger partial charge is 0.356 e. The van der Waals surface area contributed by atoms with Gasteiger partial charge in [0.15, 0.2) is 5.82 Å². The molecule has 3 rings (SSSR count). The molecule has 0 spiro atoms. The van der Waals surface area contributed by atoms with Crippen LogP contribution in [0.5, 0.6) is 0 Å². The normalized spacial score (nSPS) is 15.6. The molecule has 6 heteroatoms. The fourth-order valence-corrected chi connectivity index (χ4v) is 2.62. The van der Waals surface area contributed by atoms with E-state index in [1.165, 1.54) is 12.3 Å². The molecule has 0 atom stereocenters.